The van der Waals surface area contributed by atoms with Gasteiger partial charge < -0.3 is 0 Å². The van der Waals surface area contributed by atoms with E-state index in [2.05, 4.69) is 5.32 Å². The van der Waals surface area contributed by atoms with E-state index in [1.807, 2.05) is 13.8 Å². The van der Waals surface area contributed by atoms with Crippen LogP contribution in [0.25, 0.3) is 0 Å². The van der Waals surface area contributed by atoms with E-state index >= 15 is 0 Å². The van der Waals surface area contributed by atoms with Crippen LogP contribution in [0.4, 0.5) is 4.79 Å². The normalized spacial score (nSPS) is 26.4. The molecule has 1 aliphatic rings. The number of hydrogen-bond donors (Lipinski definition) is 1. The Bertz CT molecular complexity index is 346. The van der Waals surface area contributed by atoms with Crippen molar-refractivity contribution in [2.45, 2.75) is 33.6 Å². The number of barbiturate groups is 1. The zero-order chi connectivity index (χ0) is 12.5. The summed E-state index contributed by atoms with van der Waals surface area (Å²) >= 11 is 0. The van der Waals surface area contributed by atoms with Gasteiger partial charge in [-0.1, -0.05) is 27.2 Å². The first-order valence-corrected chi connectivity index (χ1v) is 5.55. The van der Waals surface area contributed by atoms with Gasteiger partial charge in [0.25, 0.3) is 0 Å². The van der Waals surface area contributed by atoms with E-state index in [0.717, 1.165) is 11.3 Å². The summed E-state index contributed by atoms with van der Waals surface area (Å²) in [4.78, 5) is 36.4. The standard InChI is InChI=1S/C11H18N2O3.Na/c1-5-7(3)11(6-2)8(14)12-10(16)13(4)9(11)15;/h7H,5-6H2,1-4H3,(H,12,14,16);/q;+1. The molecule has 1 rings (SSSR count). The van der Waals surface area contributed by atoms with E-state index in [-0.39, 0.29) is 35.5 Å². The molecule has 0 aliphatic carbocycles. The molecule has 0 saturated carbocycles. The Hall–Kier alpha value is -0.390. The Labute approximate surface area is 124 Å². The van der Waals surface area contributed by atoms with E-state index in [9.17, 15) is 14.4 Å². The molecule has 17 heavy (non-hydrogen) atoms. The van der Waals surface area contributed by atoms with Crippen LogP contribution < -0.4 is 34.9 Å². The van der Waals surface area contributed by atoms with E-state index in [1.54, 1.807) is 6.92 Å². The Balaban J connectivity index is 0.00000256. The van der Waals surface area contributed by atoms with Crippen LogP contribution in [0.5, 0.6) is 0 Å². The van der Waals surface area contributed by atoms with E-state index in [1.165, 1.54) is 7.05 Å². The third kappa shape index (κ3) is 2.41. The summed E-state index contributed by atoms with van der Waals surface area (Å²) < 4.78 is 0. The van der Waals surface area contributed by atoms with Crippen molar-refractivity contribution in [2.24, 2.45) is 11.3 Å². The van der Waals surface area contributed by atoms with Crippen molar-refractivity contribution in [3.8, 4) is 0 Å². The van der Waals surface area contributed by atoms with Crippen LogP contribution in [0.15, 0.2) is 0 Å². The third-order valence-corrected chi connectivity index (χ3v) is 3.63. The van der Waals surface area contributed by atoms with Gasteiger partial charge in [0, 0.05) is 7.05 Å². The number of rotatable bonds is 3. The molecule has 0 bridgehead atoms. The Morgan fingerprint density at radius 2 is 1.82 bits per heavy atom. The second-order valence-corrected chi connectivity index (χ2v) is 4.26. The van der Waals surface area contributed by atoms with Gasteiger partial charge in [-0.05, 0) is 12.3 Å². The minimum Gasteiger partial charge on any atom is -0.277 e. The molecule has 0 radical (unpaired) electrons. The van der Waals surface area contributed by atoms with Crippen molar-refractivity contribution < 1.29 is 43.9 Å². The molecule has 0 spiro atoms. The molecule has 90 valence electrons. The molecule has 1 saturated heterocycles. The first kappa shape index (κ1) is 16.6. The Morgan fingerprint density at radius 1 is 1.29 bits per heavy atom. The minimum absolute atomic E-state index is 0. The first-order chi connectivity index (χ1) is 7.41. The number of urea groups is 1. The third-order valence-electron chi connectivity index (χ3n) is 3.63. The molecular formula is C11H18N2NaO3+. The summed E-state index contributed by atoms with van der Waals surface area (Å²) in [5.74, 6) is -0.934. The zero-order valence-electron chi connectivity index (χ0n) is 11.2. The average molecular weight is 249 g/mol. The van der Waals surface area contributed by atoms with Crippen LogP contribution in [0.3, 0.4) is 0 Å². The number of imide groups is 2. The van der Waals surface area contributed by atoms with Gasteiger partial charge in [0.15, 0.2) is 0 Å². The maximum absolute atomic E-state index is 12.1. The predicted molar refractivity (Wildman–Crippen MR) is 58.5 cm³/mol. The second-order valence-electron chi connectivity index (χ2n) is 4.26. The molecule has 5 nitrogen and oxygen atoms in total. The topological polar surface area (TPSA) is 66.5 Å². The SMILES string of the molecule is CCC(C)C1(CC)C(=O)NC(=O)N(C)C1=O.[Na+]. The van der Waals surface area contributed by atoms with E-state index in [0.29, 0.717) is 6.42 Å². The number of carbonyl (C=O) groups is 3. The monoisotopic (exact) mass is 249 g/mol. The average Bonchev–Trinajstić information content (AvgIpc) is 2.27. The molecule has 0 aromatic carbocycles. The van der Waals surface area contributed by atoms with E-state index in [4.69, 9.17) is 0 Å². The van der Waals surface area contributed by atoms with Crippen molar-refractivity contribution in [2.75, 3.05) is 7.05 Å². The quantitative estimate of drug-likeness (QED) is 0.471. The van der Waals surface area contributed by atoms with Crippen LogP contribution in [0.1, 0.15) is 33.6 Å². The van der Waals surface area contributed by atoms with Crippen LogP contribution in [-0.4, -0.2) is 29.8 Å². The summed E-state index contributed by atoms with van der Waals surface area (Å²) in [6.45, 7) is 5.59. The van der Waals surface area contributed by atoms with Crippen molar-refractivity contribution in [1.82, 2.24) is 10.2 Å². The van der Waals surface area contributed by atoms with Gasteiger partial charge >= 0.3 is 35.6 Å². The van der Waals surface area contributed by atoms with E-state index < -0.39 is 23.3 Å². The smallest absolute Gasteiger partial charge is 0.277 e. The fourth-order valence-electron chi connectivity index (χ4n) is 2.22. The molecule has 2 unspecified atom stereocenters. The van der Waals surface area contributed by atoms with Crippen molar-refractivity contribution in [3.63, 3.8) is 0 Å². The maximum Gasteiger partial charge on any atom is 1.00 e. The zero-order valence-corrected chi connectivity index (χ0v) is 13.2. The van der Waals surface area contributed by atoms with Gasteiger partial charge in [0.2, 0.25) is 11.8 Å². The number of amides is 4. The van der Waals surface area contributed by atoms with Crippen LogP contribution in [0, 0.1) is 11.3 Å². The van der Waals surface area contributed by atoms with Crippen molar-refractivity contribution >= 4 is 17.8 Å². The molecule has 0 aromatic rings. The summed E-state index contributed by atoms with van der Waals surface area (Å²) in [7, 11) is 1.40. The summed E-state index contributed by atoms with van der Waals surface area (Å²) in [6.07, 6.45) is 1.12. The summed E-state index contributed by atoms with van der Waals surface area (Å²) in [6, 6.07) is -0.637. The molecule has 1 aliphatic heterocycles. The van der Waals surface area contributed by atoms with Gasteiger partial charge in [0.1, 0.15) is 5.41 Å². The minimum atomic E-state index is -1.09. The number of hydrogen-bond acceptors (Lipinski definition) is 3. The molecule has 1 fully saturated rings. The Kier molecular flexibility index (Phi) is 5.84. The Morgan fingerprint density at radius 3 is 2.24 bits per heavy atom. The predicted octanol–water partition coefficient (Wildman–Crippen LogP) is -1.86. The summed E-state index contributed by atoms with van der Waals surface area (Å²) in [5, 5.41) is 2.24. The molecule has 4 amide bonds. The first-order valence-electron chi connectivity index (χ1n) is 5.55. The van der Waals surface area contributed by atoms with Gasteiger partial charge in [-0.25, -0.2) is 4.79 Å². The molecule has 1 heterocycles. The number of nitrogens with one attached hydrogen (secondary N) is 1. The summed E-state index contributed by atoms with van der Waals surface area (Å²) in [5.41, 5.74) is -1.09. The van der Waals surface area contributed by atoms with Crippen molar-refractivity contribution in [3.05, 3.63) is 0 Å². The van der Waals surface area contributed by atoms with Crippen LogP contribution in [0.2, 0.25) is 0 Å². The number of nitrogens with zero attached hydrogens (tertiary/aromatic N) is 1. The fourth-order valence-corrected chi connectivity index (χ4v) is 2.22. The second kappa shape index (κ2) is 5.98. The van der Waals surface area contributed by atoms with Gasteiger partial charge in [-0.3, -0.25) is 19.8 Å². The fraction of sp³-hybridized carbons (Fsp3) is 0.727. The largest absolute Gasteiger partial charge is 1.00 e. The molecule has 1 N–H and O–H groups in total. The van der Waals surface area contributed by atoms with Crippen LogP contribution >= 0.6 is 0 Å². The molecular weight excluding hydrogens is 231 g/mol. The van der Waals surface area contributed by atoms with Gasteiger partial charge in [-0.15, -0.1) is 0 Å². The van der Waals surface area contributed by atoms with Crippen LogP contribution in [-0.2, 0) is 9.59 Å². The van der Waals surface area contributed by atoms with Gasteiger partial charge in [-0.2, -0.15) is 0 Å². The van der Waals surface area contributed by atoms with Crippen molar-refractivity contribution in [1.29, 1.82) is 0 Å². The molecule has 2 atom stereocenters. The number of carbonyl (C=O) groups excluding carboxylic acids is 3. The molecule has 6 heteroatoms. The molecule has 0 aromatic heterocycles. The maximum atomic E-state index is 12.1. The van der Waals surface area contributed by atoms with Gasteiger partial charge in [0.05, 0.1) is 0 Å².